The molecule has 0 aromatic heterocycles. The summed E-state index contributed by atoms with van der Waals surface area (Å²) in [6.45, 7) is 7.15. The zero-order valence-corrected chi connectivity index (χ0v) is 16.1. The molecule has 0 N–H and O–H groups in total. The molecule has 9 nitrogen and oxygen atoms in total. The monoisotopic (exact) mass is 390 g/mol. The molecule has 3 heterocycles. The van der Waals surface area contributed by atoms with Gasteiger partial charge in [0, 0.05) is 44.6 Å². The largest absolute Gasteiger partial charge is 0.422 e. The van der Waals surface area contributed by atoms with Crippen molar-refractivity contribution in [3.63, 3.8) is 0 Å². The van der Waals surface area contributed by atoms with E-state index in [1.165, 1.54) is 26.0 Å². The van der Waals surface area contributed by atoms with Crippen LogP contribution in [0, 0.1) is 15.5 Å². The molecular formula is C19H22N2O7. The van der Waals surface area contributed by atoms with Gasteiger partial charge in [0.25, 0.3) is 11.5 Å². The summed E-state index contributed by atoms with van der Waals surface area (Å²) in [6, 6.07) is 3.88. The topological polar surface area (TPSA) is 108 Å². The zero-order valence-electron chi connectivity index (χ0n) is 16.1. The van der Waals surface area contributed by atoms with Crippen molar-refractivity contribution in [2.75, 3.05) is 11.4 Å². The number of ether oxygens (including phenoxy) is 3. The first-order valence-corrected chi connectivity index (χ1v) is 9.21. The molecule has 3 aliphatic rings. The standard InChI is InChI=1S/C19H22N2O7/c1-10-9-20-14-6-5-13(21(24)25)7-12(14)8-19(15(20)11(2)26-10)16(22)27-18(3,4)28-17(19)23/h5-7,10-11,15H,8-9H2,1-4H3/t10-,11+,15+/m1/s1. The molecular weight excluding hydrogens is 368 g/mol. The number of nitro benzene ring substituents is 1. The van der Waals surface area contributed by atoms with E-state index < -0.39 is 40.2 Å². The van der Waals surface area contributed by atoms with E-state index in [1.54, 1.807) is 6.07 Å². The SMILES string of the molecule is C[C@@H]1CN2c3ccc([N+](=O)[O-])cc3CC3(C(=O)OC(C)(C)OC3=O)[C@@H]2[C@H](C)O1. The number of rotatable bonds is 1. The van der Waals surface area contributed by atoms with Gasteiger partial charge in [-0.1, -0.05) is 0 Å². The molecule has 0 radical (unpaired) electrons. The molecule has 0 unspecified atom stereocenters. The Hall–Kier alpha value is -2.68. The minimum atomic E-state index is -1.64. The number of morpholine rings is 1. The fourth-order valence-electron chi connectivity index (χ4n) is 4.67. The predicted octanol–water partition coefficient (Wildman–Crippen LogP) is 1.96. The molecule has 2 saturated heterocycles. The molecule has 0 amide bonds. The van der Waals surface area contributed by atoms with Crippen LogP contribution in [-0.4, -0.2) is 47.4 Å². The highest BCUT2D eigenvalue weighted by molar-refractivity contribution is 6.04. The van der Waals surface area contributed by atoms with Gasteiger partial charge in [-0.2, -0.15) is 0 Å². The molecule has 28 heavy (non-hydrogen) atoms. The Labute approximate surface area is 161 Å². The van der Waals surface area contributed by atoms with Crippen molar-refractivity contribution in [3.05, 3.63) is 33.9 Å². The van der Waals surface area contributed by atoms with Gasteiger partial charge < -0.3 is 19.1 Å². The van der Waals surface area contributed by atoms with E-state index in [4.69, 9.17) is 14.2 Å². The Kier molecular flexibility index (Phi) is 3.94. The summed E-state index contributed by atoms with van der Waals surface area (Å²) in [7, 11) is 0. The number of hydrogen-bond acceptors (Lipinski definition) is 8. The summed E-state index contributed by atoms with van der Waals surface area (Å²) in [5, 5.41) is 11.2. The fourth-order valence-corrected chi connectivity index (χ4v) is 4.67. The normalized spacial score (nSPS) is 30.1. The summed E-state index contributed by atoms with van der Waals surface area (Å²) in [6.07, 6.45) is -0.633. The van der Waals surface area contributed by atoms with Crippen LogP contribution in [0.3, 0.4) is 0 Å². The first kappa shape index (κ1) is 18.7. The Balaban J connectivity index is 1.90. The molecule has 0 bridgehead atoms. The van der Waals surface area contributed by atoms with Gasteiger partial charge in [0.05, 0.1) is 23.2 Å². The van der Waals surface area contributed by atoms with Crippen molar-refractivity contribution in [2.24, 2.45) is 5.41 Å². The Morgan fingerprint density at radius 3 is 2.43 bits per heavy atom. The van der Waals surface area contributed by atoms with Crippen molar-refractivity contribution in [2.45, 2.75) is 58.2 Å². The molecule has 0 saturated carbocycles. The number of fused-ring (bicyclic) bond motifs is 4. The van der Waals surface area contributed by atoms with Crippen LogP contribution in [0.5, 0.6) is 0 Å². The minimum absolute atomic E-state index is 0.0407. The maximum absolute atomic E-state index is 13.2. The highest BCUT2D eigenvalue weighted by Crippen LogP contribution is 2.50. The lowest BCUT2D eigenvalue weighted by Crippen LogP contribution is -2.71. The van der Waals surface area contributed by atoms with Crippen LogP contribution in [0.1, 0.15) is 33.3 Å². The van der Waals surface area contributed by atoms with E-state index in [2.05, 4.69) is 0 Å². The lowest BCUT2D eigenvalue weighted by molar-refractivity contribution is -0.384. The van der Waals surface area contributed by atoms with Crippen molar-refractivity contribution >= 4 is 23.3 Å². The van der Waals surface area contributed by atoms with E-state index in [0.29, 0.717) is 12.1 Å². The minimum Gasteiger partial charge on any atom is -0.422 e. The molecule has 4 rings (SSSR count). The van der Waals surface area contributed by atoms with Crippen LogP contribution >= 0.6 is 0 Å². The van der Waals surface area contributed by atoms with Crippen LogP contribution in [0.15, 0.2) is 18.2 Å². The van der Waals surface area contributed by atoms with Crippen LogP contribution in [-0.2, 0) is 30.2 Å². The van der Waals surface area contributed by atoms with Gasteiger partial charge in [0.2, 0.25) is 0 Å². The number of hydrogen-bond donors (Lipinski definition) is 0. The Bertz CT molecular complexity index is 861. The molecule has 1 spiro atoms. The van der Waals surface area contributed by atoms with E-state index in [1.807, 2.05) is 18.7 Å². The lowest BCUT2D eigenvalue weighted by Gasteiger charge is -2.55. The van der Waals surface area contributed by atoms with Gasteiger partial charge in [-0.3, -0.25) is 19.7 Å². The number of benzene rings is 1. The van der Waals surface area contributed by atoms with Gasteiger partial charge in [0.15, 0.2) is 5.41 Å². The number of esters is 2. The molecule has 3 atom stereocenters. The van der Waals surface area contributed by atoms with Crippen LogP contribution in [0.2, 0.25) is 0 Å². The number of anilines is 1. The van der Waals surface area contributed by atoms with Gasteiger partial charge in [-0.05, 0) is 25.5 Å². The first-order valence-electron chi connectivity index (χ1n) is 9.21. The second kappa shape index (κ2) is 5.91. The summed E-state index contributed by atoms with van der Waals surface area (Å²) >= 11 is 0. The number of carbonyl (C=O) groups is 2. The average molecular weight is 390 g/mol. The van der Waals surface area contributed by atoms with Crippen LogP contribution < -0.4 is 4.90 Å². The third-order valence-corrected chi connectivity index (χ3v) is 5.64. The first-order chi connectivity index (χ1) is 13.0. The number of non-ortho nitro benzene ring substituents is 1. The molecule has 150 valence electrons. The van der Waals surface area contributed by atoms with E-state index in [9.17, 15) is 19.7 Å². The van der Waals surface area contributed by atoms with E-state index in [0.717, 1.165) is 5.69 Å². The zero-order chi connectivity index (χ0) is 20.4. The summed E-state index contributed by atoms with van der Waals surface area (Å²) < 4.78 is 16.9. The summed E-state index contributed by atoms with van der Waals surface area (Å²) in [4.78, 5) is 39.0. The quantitative estimate of drug-likeness (QED) is 0.310. The van der Waals surface area contributed by atoms with Gasteiger partial charge in [-0.25, -0.2) is 0 Å². The van der Waals surface area contributed by atoms with Crippen molar-refractivity contribution in [1.82, 2.24) is 0 Å². The Morgan fingerprint density at radius 1 is 1.18 bits per heavy atom. The molecule has 1 aromatic rings. The third-order valence-electron chi connectivity index (χ3n) is 5.64. The average Bonchev–Trinajstić information content (AvgIpc) is 2.57. The molecule has 1 aromatic carbocycles. The maximum Gasteiger partial charge on any atom is 0.329 e. The smallest absolute Gasteiger partial charge is 0.329 e. The number of nitro groups is 1. The molecule has 3 aliphatic heterocycles. The van der Waals surface area contributed by atoms with E-state index >= 15 is 0 Å². The third kappa shape index (κ3) is 2.56. The fraction of sp³-hybridized carbons (Fsp3) is 0.579. The summed E-state index contributed by atoms with van der Waals surface area (Å²) in [5.41, 5.74) is -0.439. The van der Waals surface area contributed by atoms with Crippen molar-refractivity contribution in [3.8, 4) is 0 Å². The lowest BCUT2D eigenvalue weighted by atomic mass is 9.68. The van der Waals surface area contributed by atoms with Crippen LogP contribution in [0.25, 0.3) is 0 Å². The second-order valence-electron chi connectivity index (χ2n) is 8.15. The number of nitrogens with zero attached hydrogens (tertiary/aromatic N) is 2. The Morgan fingerprint density at radius 2 is 1.82 bits per heavy atom. The highest BCUT2D eigenvalue weighted by atomic mass is 16.7. The number of carbonyl (C=O) groups excluding carboxylic acids is 2. The van der Waals surface area contributed by atoms with Crippen LogP contribution in [0.4, 0.5) is 11.4 Å². The highest BCUT2D eigenvalue weighted by Gasteiger charge is 2.66. The van der Waals surface area contributed by atoms with Gasteiger partial charge >= 0.3 is 11.9 Å². The van der Waals surface area contributed by atoms with Crippen molar-refractivity contribution in [1.29, 1.82) is 0 Å². The molecule has 0 aliphatic carbocycles. The molecule has 2 fully saturated rings. The van der Waals surface area contributed by atoms with Gasteiger partial charge in [0.1, 0.15) is 0 Å². The number of cyclic esters (lactones) is 2. The maximum atomic E-state index is 13.2. The van der Waals surface area contributed by atoms with Crippen molar-refractivity contribution < 1.29 is 28.7 Å². The van der Waals surface area contributed by atoms with E-state index in [-0.39, 0.29) is 18.2 Å². The predicted molar refractivity (Wildman–Crippen MR) is 96.6 cm³/mol. The van der Waals surface area contributed by atoms with Gasteiger partial charge in [-0.15, -0.1) is 0 Å². The molecule has 9 heteroatoms. The second-order valence-corrected chi connectivity index (χ2v) is 8.15. The summed E-state index contributed by atoms with van der Waals surface area (Å²) in [5.74, 6) is -2.74.